The maximum absolute atomic E-state index is 12.4. The number of aromatic nitrogens is 1. The number of nitrogens with zero attached hydrogens (tertiary/aromatic N) is 1. The minimum absolute atomic E-state index is 0.0767. The average Bonchev–Trinajstić information content (AvgIpc) is 2.39. The lowest BCUT2D eigenvalue weighted by atomic mass is 9.98. The third-order valence-corrected chi connectivity index (χ3v) is 2.99. The Hall–Kier alpha value is -1.96. The molecule has 2 nitrogen and oxygen atoms in total. The lowest BCUT2D eigenvalue weighted by Gasteiger charge is -2.06. The van der Waals surface area contributed by atoms with E-state index in [0.29, 0.717) is 0 Å². The highest BCUT2D eigenvalue weighted by Crippen LogP contribution is 2.15. The number of carbonyl (C=O) groups is 1. The SMILES string of the molecule is CCCc1cccc(C(=O)c2ccncc2C)c1. The van der Waals surface area contributed by atoms with E-state index in [4.69, 9.17) is 0 Å². The molecule has 2 aromatic rings. The van der Waals surface area contributed by atoms with E-state index in [9.17, 15) is 4.79 Å². The zero-order chi connectivity index (χ0) is 13.0. The van der Waals surface area contributed by atoms with Gasteiger partial charge in [0.25, 0.3) is 0 Å². The number of hydrogen-bond acceptors (Lipinski definition) is 2. The number of aryl methyl sites for hydroxylation is 2. The molecule has 0 N–H and O–H groups in total. The van der Waals surface area contributed by atoms with Gasteiger partial charge < -0.3 is 0 Å². The van der Waals surface area contributed by atoms with Crippen LogP contribution in [-0.4, -0.2) is 10.8 Å². The molecule has 0 saturated carbocycles. The monoisotopic (exact) mass is 239 g/mol. The van der Waals surface area contributed by atoms with Crippen molar-refractivity contribution in [2.45, 2.75) is 26.7 Å². The number of benzene rings is 1. The number of rotatable bonds is 4. The molecule has 1 aromatic heterocycles. The summed E-state index contributed by atoms with van der Waals surface area (Å²) < 4.78 is 0. The standard InChI is InChI=1S/C16H17NO/c1-3-5-13-6-4-7-14(10-13)16(18)15-8-9-17-11-12(15)2/h4,6-11H,3,5H2,1-2H3. The van der Waals surface area contributed by atoms with Gasteiger partial charge in [0.05, 0.1) is 0 Å². The smallest absolute Gasteiger partial charge is 0.193 e. The summed E-state index contributed by atoms with van der Waals surface area (Å²) >= 11 is 0. The number of hydrogen-bond donors (Lipinski definition) is 0. The Bertz CT molecular complexity index is 561. The van der Waals surface area contributed by atoms with E-state index in [2.05, 4.69) is 18.0 Å². The maximum Gasteiger partial charge on any atom is 0.193 e. The van der Waals surface area contributed by atoms with E-state index >= 15 is 0 Å². The van der Waals surface area contributed by atoms with Gasteiger partial charge in [-0.15, -0.1) is 0 Å². The van der Waals surface area contributed by atoms with Crippen molar-refractivity contribution >= 4 is 5.78 Å². The van der Waals surface area contributed by atoms with Gasteiger partial charge in [-0.2, -0.15) is 0 Å². The molecule has 0 fully saturated rings. The lowest BCUT2D eigenvalue weighted by Crippen LogP contribution is -2.04. The van der Waals surface area contributed by atoms with Crippen LogP contribution in [-0.2, 0) is 6.42 Å². The van der Waals surface area contributed by atoms with E-state index < -0.39 is 0 Å². The topological polar surface area (TPSA) is 30.0 Å². The zero-order valence-electron chi connectivity index (χ0n) is 10.8. The summed E-state index contributed by atoms with van der Waals surface area (Å²) in [6.07, 6.45) is 5.49. The van der Waals surface area contributed by atoms with E-state index in [0.717, 1.165) is 29.5 Å². The molecular weight excluding hydrogens is 222 g/mol. The second-order valence-corrected chi connectivity index (χ2v) is 4.47. The Labute approximate surface area is 108 Å². The summed E-state index contributed by atoms with van der Waals surface area (Å²) in [6, 6.07) is 9.67. The van der Waals surface area contributed by atoms with E-state index in [1.807, 2.05) is 25.1 Å². The van der Waals surface area contributed by atoms with Crippen LogP contribution >= 0.6 is 0 Å². The Morgan fingerprint density at radius 3 is 2.83 bits per heavy atom. The molecule has 0 aliphatic carbocycles. The maximum atomic E-state index is 12.4. The molecular formula is C16H17NO. The van der Waals surface area contributed by atoms with Gasteiger partial charge >= 0.3 is 0 Å². The molecule has 0 atom stereocenters. The lowest BCUT2D eigenvalue weighted by molar-refractivity contribution is 0.103. The average molecular weight is 239 g/mol. The van der Waals surface area contributed by atoms with Crippen LogP contribution in [0.4, 0.5) is 0 Å². The number of carbonyl (C=O) groups excluding carboxylic acids is 1. The predicted molar refractivity (Wildman–Crippen MR) is 72.8 cm³/mol. The van der Waals surface area contributed by atoms with Gasteiger partial charge in [-0.3, -0.25) is 9.78 Å². The van der Waals surface area contributed by atoms with Gasteiger partial charge in [-0.05, 0) is 36.6 Å². The molecule has 1 heterocycles. The van der Waals surface area contributed by atoms with Crippen LogP contribution in [0, 0.1) is 6.92 Å². The molecule has 0 spiro atoms. The van der Waals surface area contributed by atoms with Crippen molar-refractivity contribution < 1.29 is 4.79 Å². The van der Waals surface area contributed by atoms with E-state index in [-0.39, 0.29) is 5.78 Å². The van der Waals surface area contributed by atoms with Crippen LogP contribution in [0.5, 0.6) is 0 Å². The number of pyridine rings is 1. The quantitative estimate of drug-likeness (QED) is 0.763. The molecule has 0 amide bonds. The second kappa shape index (κ2) is 5.58. The molecule has 0 aliphatic rings. The fraction of sp³-hybridized carbons (Fsp3) is 0.250. The van der Waals surface area contributed by atoms with Crippen molar-refractivity contribution in [3.63, 3.8) is 0 Å². The van der Waals surface area contributed by atoms with Gasteiger partial charge in [0.2, 0.25) is 0 Å². The van der Waals surface area contributed by atoms with Crippen LogP contribution in [0.3, 0.4) is 0 Å². The number of ketones is 1. The molecule has 1 aromatic carbocycles. The summed E-state index contributed by atoms with van der Waals surface area (Å²) in [5.74, 6) is 0.0767. The van der Waals surface area contributed by atoms with Gasteiger partial charge in [-0.1, -0.05) is 31.5 Å². The van der Waals surface area contributed by atoms with E-state index in [1.165, 1.54) is 5.56 Å². The second-order valence-electron chi connectivity index (χ2n) is 4.47. The summed E-state index contributed by atoms with van der Waals surface area (Å²) in [5.41, 5.74) is 3.63. The first-order chi connectivity index (χ1) is 8.72. The fourth-order valence-corrected chi connectivity index (χ4v) is 2.04. The Morgan fingerprint density at radius 2 is 2.11 bits per heavy atom. The first-order valence-corrected chi connectivity index (χ1v) is 6.26. The summed E-state index contributed by atoms with van der Waals surface area (Å²) in [4.78, 5) is 16.4. The van der Waals surface area contributed by atoms with Crippen LogP contribution in [0.1, 0.15) is 40.4 Å². The molecule has 0 saturated heterocycles. The molecule has 2 heteroatoms. The highest BCUT2D eigenvalue weighted by molar-refractivity contribution is 6.09. The minimum Gasteiger partial charge on any atom is -0.289 e. The van der Waals surface area contributed by atoms with Crippen LogP contribution in [0.15, 0.2) is 42.7 Å². The first-order valence-electron chi connectivity index (χ1n) is 6.26. The van der Waals surface area contributed by atoms with Gasteiger partial charge in [0, 0.05) is 23.5 Å². The minimum atomic E-state index is 0.0767. The third kappa shape index (κ3) is 2.65. The molecule has 92 valence electrons. The molecule has 0 bridgehead atoms. The highest BCUT2D eigenvalue weighted by atomic mass is 16.1. The predicted octanol–water partition coefficient (Wildman–Crippen LogP) is 3.57. The normalized spacial score (nSPS) is 10.3. The van der Waals surface area contributed by atoms with Gasteiger partial charge in [-0.25, -0.2) is 0 Å². The van der Waals surface area contributed by atoms with E-state index in [1.54, 1.807) is 18.5 Å². The molecule has 2 rings (SSSR count). The Kier molecular flexibility index (Phi) is 3.88. The Morgan fingerprint density at radius 1 is 1.28 bits per heavy atom. The van der Waals surface area contributed by atoms with Crippen molar-refractivity contribution in [2.24, 2.45) is 0 Å². The van der Waals surface area contributed by atoms with Crippen molar-refractivity contribution in [2.75, 3.05) is 0 Å². The van der Waals surface area contributed by atoms with Crippen molar-refractivity contribution in [3.05, 3.63) is 65.0 Å². The highest BCUT2D eigenvalue weighted by Gasteiger charge is 2.11. The van der Waals surface area contributed by atoms with Crippen LogP contribution in [0.2, 0.25) is 0 Å². The summed E-state index contributed by atoms with van der Waals surface area (Å²) in [7, 11) is 0. The van der Waals surface area contributed by atoms with Crippen molar-refractivity contribution in [1.82, 2.24) is 4.98 Å². The van der Waals surface area contributed by atoms with Crippen molar-refractivity contribution in [1.29, 1.82) is 0 Å². The summed E-state index contributed by atoms with van der Waals surface area (Å²) in [5, 5.41) is 0. The molecule has 0 aliphatic heterocycles. The molecule has 18 heavy (non-hydrogen) atoms. The fourth-order valence-electron chi connectivity index (χ4n) is 2.04. The largest absolute Gasteiger partial charge is 0.289 e. The molecule has 0 unspecified atom stereocenters. The summed E-state index contributed by atoms with van der Waals surface area (Å²) in [6.45, 7) is 4.05. The Balaban J connectivity index is 2.34. The molecule has 0 radical (unpaired) electrons. The van der Waals surface area contributed by atoms with Gasteiger partial charge in [0.15, 0.2) is 5.78 Å². The van der Waals surface area contributed by atoms with Crippen molar-refractivity contribution in [3.8, 4) is 0 Å². The third-order valence-electron chi connectivity index (χ3n) is 2.99. The van der Waals surface area contributed by atoms with Crippen LogP contribution < -0.4 is 0 Å². The van der Waals surface area contributed by atoms with Crippen LogP contribution in [0.25, 0.3) is 0 Å². The zero-order valence-corrected chi connectivity index (χ0v) is 10.8. The van der Waals surface area contributed by atoms with Gasteiger partial charge in [0.1, 0.15) is 0 Å². The first kappa shape index (κ1) is 12.5.